The molecule has 0 aliphatic heterocycles. The Kier molecular flexibility index (Phi) is 4.99. The summed E-state index contributed by atoms with van der Waals surface area (Å²) in [6.07, 6.45) is 5.51. The molecule has 2 N–H and O–H groups in total. The molecular formula is C17H19BrClN5O. The highest BCUT2D eigenvalue weighted by molar-refractivity contribution is 9.10. The first-order valence-electron chi connectivity index (χ1n) is 8.07. The van der Waals surface area contributed by atoms with E-state index in [-0.39, 0.29) is 12.4 Å². The van der Waals surface area contributed by atoms with Gasteiger partial charge in [0.25, 0.3) is 5.89 Å². The average molecular weight is 425 g/mol. The van der Waals surface area contributed by atoms with Gasteiger partial charge in [0.2, 0.25) is 0 Å². The number of nitrogens with two attached hydrogens (primary N) is 1. The lowest BCUT2D eigenvalue weighted by atomic mass is 9.77. The zero-order chi connectivity index (χ0) is 16.7. The fourth-order valence-electron chi connectivity index (χ4n) is 3.01. The first-order chi connectivity index (χ1) is 11.6. The van der Waals surface area contributed by atoms with Gasteiger partial charge in [-0.15, -0.1) is 12.4 Å². The molecule has 1 aliphatic carbocycles. The van der Waals surface area contributed by atoms with E-state index in [0.29, 0.717) is 11.7 Å². The van der Waals surface area contributed by atoms with Crippen molar-refractivity contribution < 1.29 is 4.52 Å². The summed E-state index contributed by atoms with van der Waals surface area (Å²) >= 11 is 3.45. The summed E-state index contributed by atoms with van der Waals surface area (Å²) in [6.45, 7) is 2.09. The van der Waals surface area contributed by atoms with Crippen LogP contribution in [0.1, 0.15) is 37.7 Å². The molecule has 0 spiro atoms. The minimum absolute atomic E-state index is 0. The molecule has 25 heavy (non-hydrogen) atoms. The fourth-order valence-corrected chi connectivity index (χ4v) is 3.28. The number of hydrogen-bond acceptors (Lipinski definition) is 5. The Labute approximate surface area is 160 Å². The van der Waals surface area contributed by atoms with E-state index in [1.165, 1.54) is 0 Å². The summed E-state index contributed by atoms with van der Waals surface area (Å²) in [7, 11) is 0. The lowest BCUT2D eigenvalue weighted by molar-refractivity contribution is 0.229. The molecule has 4 rings (SSSR count). The minimum Gasteiger partial charge on any atom is -0.334 e. The van der Waals surface area contributed by atoms with E-state index in [9.17, 15) is 0 Å². The molecule has 2 heterocycles. The smallest absolute Gasteiger partial charge is 0.261 e. The summed E-state index contributed by atoms with van der Waals surface area (Å²) in [5.41, 5.74) is 8.76. The van der Waals surface area contributed by atoms with Crippen molar-refractivity contribution in [2.45, 2.75) is 38.1 Å². The molecule has 1 aromatic carbocycles. The second kappa shape index (κ2) is 6.90. The molecule has 0 amide bonds. The fraction of sp³-hybridized carbons (Fsp3) is 0.353. The minimum atomic E-state index is -0.421. The van der Waals surface area contributed by atoms with Gasteiger partial charge in [0.1, 0.15) is 0 Å². The van der Waals surface area contributed by atoms with Crippen molar-refractivity contribution in [3.05, 3.63) is 46.5 Å². The average Bonchev–Trinajstić information content (AvgIpc) is 3.19. The van der Waals surface area contributed by atoms with E-state index in [1.807, 2.05) is 28.9 Å². The van der Waals surface area contributed by atoms with Gasteiger partial charge in [0.15, 0.2) is 5.82 Å². The zero-order valence-electron chi connectivity index (χ0n) is 13.8. The van der Waals surface area contributed by atoms with Crippen LogP contribution >= 0.6 is 28.3 Å². The van der Waals surface area contributed by atoms with Crippen LogP contribution in [0.4, 0.5) is 0 Å². The second-order valence-electron chi connectivity index (χ2n) is 6.18. The Hall–Kier alpha value is -1.70. The molecule has 1 aliphatic rings. The molecule has 0 unspecified atom stereocenters. The Morgan fingerprint density at radius 3 is 2.60 bits per heavy atom. The highest BCUT2D eigenvalue weighted by Gasteiger charge is 2.39. The first kappa shape index (κ1) is 18.1. The normalized spacial score (nSPS) is 15.5. The Bertz CT molecular complexity index is 870. The van der Waals surface area contributed by atoms with Crippen molar-refractivity contribution in [2.75, 3.05) is 0 Å². The van der Waals surface area contributed by atoms with E-state index in [1.54, 1.807) is 6.20 Å². The molecule has 6 nitrogen and oxygen atoms in total. The summed E-state index contributed by atoms with van der Waals surface area (Å²) in [5.74, 6) is 1.09. The van der Waals surface area contributed by atoms with Crippen LogP contribution in [-0.2, 0) is 12.0 Å². The van der Waals surface area contributed by atoms with E-state index >= 15 is 0 Å². The van der Waals surface area contributed by atoms with Gasteiger partial charge >= 0.3 is 0 Å². The summed E-state index contributed by atoms with van der Waals surface area (Å²) in [5, 5.41) is 8.61. The van der Waals surface area contributed by atoms with Crippen LogP contribution in [0.5, 0.6) is 0 Å². The number of aromatic nitrogens is 4. The van der Waals surface area contributed by atoms with Crippen LogP contribution in [0.15, 0.2) is 39.5 Å². The van der Waals surface area contributed by atoms with E-state index in [0.717, 1.165) is 47.1 Å². The molecule has 3 aromatic rings. The van der Waals surface area contributed by atoms with Crippen molar-refractivity contribution in [3.63, 3.8) is 0 Å². The SMILES string of the molecule is CCc1c(-c2nc(C3(N)CCC3)no2)cnn1-c1ccc(Br)cc1.Cl. The predicted octanol–water partition coefficient (Wildman–Crippen LogP) is 4.01. The molecule has 2 aromatic heterocycles. The topological polar surface area (TPSA) is 82.8 Å². The van der Waals surface area contributed by atoms with Gasteiger partial charge in [0, 0.05) is 4.47 Å². The highest BCUT2D eigenvalue weighted by Crippen LogP contribution is 2.38. The van der Waals surface area contributed by atoms with Crippen molar-refractivity contribution in [1.82, 2.24) is 19.9 Å². The van der Waals surface area contributed by atoms with E-state index in [2.05, 4.69) is 38.1 Å². The third kappa shape index (κ3) is 3.12. The molecule has 0 atom stereocenters. The third-order valence-corrected chi connectivity index (χ3v) is 5.15. The molecule has 0 bridgehead atoms. The van der Waals surface area contributed by atoms with Crippen molar-refractivity contribution in [1.29, 1.82) is 0 Å². The van der Waals surface area contributed by atoms with Gasteiger partial charge in [-0.05, 0) is 49.9 Å². The maximum absolute atomic E-state index is 6.29. The van der Waals surface area contributed by atoms with Gasteiger partial charge in [-0.1, -0.05) is 28.0 Å². The Morgan fingerprint density at radius 2 is 2.00 bits per heavy atom. The quantitative estimate of drug-likeness (QED) is 0.684. The number of rotatable bonds is 4. The maximum atomic E-state index is 6.29. The summed E-state index contributed by atoms with van der Waals surface area (Å²) in [4.78, 5) is 4.54. The van der Waals surface area contributed by atoms with Crippen molar-refractivity contribution in [2.24, 2.45) is 5.73 Å². The van der Waals surface area contributed by atoms with Gasteiger partial charge in [-0.2, -0.15) is 10.1 Å². The van der Waals surface area contributed by atoms with Crippen molar-refractivity contribution in [3.8, 4) is 17.1 Å². The lowest BCUT2D eigenvalue weighted by Crippen LogP contribution is -2.44. The standard InChI is InChI=1S/C17H18BrN5O.ClH/c1-2-14-13(10-20-23(14)12-6-4-11(18)5-7-12)15-21-16(22-24-15)17(19)8-3-9-17;/h4-7,10H,2-3,8-9,19H2,1H3;1H. The molecular weight excluding hydrogens is 406 g/mol. The zero-order valence-corrected chi connectivity index (χ0v) is 16.2. The largest absolute Gasteiger partial charge is 0.334 e. The van der Waals surface area contributed by atoms with Gasteiger partial charge in [-0.3, -0.25) is 0 Å². The summed E-state index contributed by atoms with van der Waals surface area (Å²) in [6, 6.07) is 8.02. The molecule has 1 fully saturated rings. The van der Waals surface area contributed by atoms with Crippen molar-refractivity contribution >= 4 is 28.3 Å². The first-order valence-corrected chi connectivity index (χ1v) is 8.86. The van der Waals surface area contributed by atoms with Gasteiger partial charge in [0.05, 0.1) is 28.7 Å². The molecule has 0 saturated heterocycles. The Balaban J connectivity index is 0.00000182. The highest BCUT2D eigenvalue weighted by atomic mass is 79.9. The molecule has 1 saturated carbocycles. The maximum Gasteiger partial charge on any atom is 0.261 e. The third-order valence-electron chi connectivity index (χ3n) is 4.62. The summed E-state index contributed by atoms with van der Waals surface area (Å²) < 4.78 is 8.43. The van der Waals surface area contributed by atoms with Crippen LogP contribution in [-0.4, -0.2) is 19.9 Å². The number of benzene rings is 1. The van der Waals surface area contributed by atoms with Crippen LogP contribution in [0.3, 0.4) is 0 Å². The number of hydrogen-bond donors (Lipinski definition) is 1. The predicted molar refractivity (Wildman–Crippen MR) is 101 cm³/mol. The van der Waals surface area contributed by atoms with Crippen LogP contribution in [0.25, 0.3) is 17.1 Å². The molecule has 0 radical (unpaired) electrons. The van der Waals surface area contributed by atoms with Gasteiger partial charge < -0.3 is 10.3 Å². The molecule has 132 valence electrons. The monoisotopic (exact) mass is 423 g/mol. The second-order valence-corrected chi connectivity index (χ2v) is 7.10. The van der Waals surface area contributed by atoms with E-state index in [4.69, 9.17) is 10.3 Å². The van der Waals surface area contributed by atoms with Crippen LogP contribution < -0.4 is 5.73 Å². The number of nitrogens with zero attached hydrogens (tertiary/aromatic N) is 4. The van der Waals surface area contributed by atoms with E-state index < -0.39 is 5.54 Å². The Morgan fingerprint density at radius 1 is 1.28 bits per heavy atom. The van der Waals surface area contributed by atoms with Crippen LogP contribution in [0, 0.1) is 0 Å². The lowest BCUT2D eigenvalue weighted by Gasteiger charge is -2.34. The van der Waals surface area contributed by atoms with Gasteiger partial charge in [-0.25, -0.2) is 4.68 Å². The number of halogens is 2. The van der Waals surface area contributed by atoms with Crippen LogP contribution in [0.2, 0.25) is 0 Å². The molecule has 8 heteroatoms.